The maximum absolute atomic E-state index is 12.1. The summed E-state index contributed by atoms with van der Waals surface area (Å²) in [5.41, 5.74) is 4.99. The average molecular weight is 423 g/mol. The van der Waals surface area contributed by atoms with E-state index in [0.29, 0.717) is 22.0 Å². The number of rotatable bonds is 5. The molecule has 0 aliphatic heterocycles. The fraction of sp³-hybridized carbons (Fsp3) is 0.167. The smallest absolute Gasteiger partial charge is 0.271 e. The molecule has 2 N–H and O–H groups in total. The van der Waals surface area contributed by atoms with E-state index >= 15 is 0 Å². The van der Waals surface area contributed by atoms with Gasteiger partial charge in [0.2, 0.25) is 5.91 Å². The summed E-state index contributed by atoms with van der Waals surface area (Å²) >= 11 is 9.20. The van der Waals surface area contributed by atoms with Crippen LogP contribution in [0.2, 0.25) is 5.02 Å². The van der Waals surface area contributed by atoms with Crippen molar-refractivity contribution in [2.75, 3.05) is 5.32 Å². The van der Waals surface area contributed by atoms with Crippen molar-refractivity contribution >= 4 is 50.7 Å². The number of aryl methyl sites for hydroxylation is 1. The quantitative estimate of drug-likeness (QED) is 0.548. The van der Waals surface area contributed by atoms with Crippen molar-refractivity contribution in [2.24, 2.45) is 5.10 Å². The third kappa shape index (κ3) is 5.99. The monoisotopic (exact) mass is 421 g/mol. The van der Waals surface area contributed by atoms with Crippen LogP contribution in [-0.4, -0.2) is 17.5 Å². The van der Waals surface area contributed by atoms with Crippen LogP contribution in [0.5, 0.6) is 0 Å². The van der Waals surface area contributed by atoms with E-state index in [-0.39, 0.29) is 18.2 Å². The number of anilines is 1. The number of hydrogen-bond donors (Lipinski definition) is 2. The summed E-state index contributed by atoms with van der Waals surface area (Å²) in [7, 11) is 0. The number of benzene rings is 2. The normalized spacial score (nSPS) is 11.1. The molecule has 7 heteroatoms. The van der Waals surface area contributed by atoms with Crippen LogP contribution in [0.15, 0.2) is 52.0 Å². The first-order valence-electron chi connectivity index (χ1n) is 7.50. The lowest BCUT2D eigenvalue weighted by atomic mass is 10.2. The Kier molecular flexibility index (Phi) is 6.73. The number of hydrazone groups is 1. The maximum atomic E-state index is 12.1. The van der Waals surface area contributed by atoms with Gasteiger partial charge in [0.05, 0.1) is 6.42 Å². The molecule has 0 aliphatic carbocycles. The summed E-state index contributed by atoms with van der Waals surface area (Å²) < 4.78 is 0.887. The molecule has 2 aromatic rings. The van der Waals surface area contributed by atoms with E-state index in [4.69, 9.17) is 11.6 Å². The molecule has 130 valence electrons. The third-order valence-corrected chi connectivity index (χ3v) is 4.10. The number of nitrogens with one attached hydrogen (secondary N) is 2. The lowest BCUT2D eigenvalue weighted by molar-refractivity contribution is -0.115. The summed E-state index contributed by atoms with van der Waals surface area (Å²) in [5, 5.41) is 7.38. The molecule has 2 rings (SSSR count). The highest BCUT2D eigenvalue weighted by atomic mass is 79.9. The lowest BCUT2D eigenvalue weighted by Crippen LogP contribution is -2.21. The Morgan fingerprint density at radius 3 is 2.48 bits per heavy atom. The van der Waals surface area contributed by atoms with Crippen LogP contribution in [0.25, 0.3) is 0 Å². The highest BCUT2D eigenvalue weighted by Gasteiger charge is 2.08. The Morgan fingerprint density at radius 2 is 1.84 bits per heavy atom. The standard InChI is InChI=1S/C18H17BrClN3O2/c1-11-9-15(20)7-8-16(11)21-17(24)10-12(2)22-23-18(25)13-3-5-14(19)6-4-13/h3-9H,10H2,1-2H3,(H,21,24)(H,23,25)/b22-12+. The van der Waals surface area contributed by atoms with Crippen molar-refractivity contribution in [3.8, 4) is 0 Å². The van der Waals surface area contributed by atoms with Crippen LogP contribution in [0.4, 0.5) is 5.69 Å². The topological polar surface area (TPSA) is 70.6 Å². The van der Waals surface area contributed by atoms with Gasteiger partial charge in [-0.2, -0.15) is 5.10 Å². The van der Waals surface area contributed by atoms with Crippen molar-refractivity contribution in [3.63, 3.8) is 0 Å². The molecular weight excluding hydrogens is 406 g/mol. The van der Waals surface area contributed by atoms with E-state index in [9.17, 15) is 9.59 Å². The van der Waals surface area contributed by atoms with Gasteiger partial charge in [-0.05, 0) is 61.9 Å². The number of halogens is 2. The van der Waals surface area contributed by atoms with Crippen LogP contribution in [0.3, 0.4) is 0 Å². The molecule has 0 aromatic heterocycles. The van der Waals surface area contributed by atoms with Crippen LogP contribution in [0, 0.1) is 6.92 Å². The molecule has 0 heterocycles. The first kappa shape index (κ1) is 19.1. The molecule has 2 aromatic carbocycles. The minimum Gasteiger partial charge on any atom is -0.326 e. The van der Waals surface area contributed by atoms with E-state index in [1.54, 1.807) is 49.4 Å². The fourth-order valence-electron chi connectivity index (χ4n) is 2.05. The third-order valence-electron chi connectivity index (χ3n) is 3.33. The molecule has 0 saturated carbocycles. The van der Waals surface area contributed by atoms with Crippen LogP contribution in [0.1, 0.15) is 29.3 Å². The van der Waals surface area contributed by atoms with Gasteiger partial charge in [-0.1, -0.05) is 27.5 Å². The zero-order chi connectivity index (χ0) is 18.4. The molecule has 0 radical (unpaired) electrons. The van der Waals surface area contributed by atoms with Crippen molar-refractivity contribution in [1.82, 2.24) is 5.43 Å². The molecule has 25 heavy (non-hydrogen) atoms. The van der Waals surface area contributed by atoms with Gasteiger partial charge in [-0.3, -0.25) is 9.59 Å². The van der Waals surface area contributed by atoms with Crippen LogP contribution >= 0.6 is 27.5 Å². The van der Waals surface area contributed by atoms with E-state index in [2.05, 4.69) is 31.8 Å². The molecule has 0 unspecified atom stereocenters. The van der Waals surface area contributed by atoms with Gasteiger partial charge in [0.1, 0.15) is 0 Å². The van der Waals surface area contributed by atoms with Gasteiger partial charge in [0, 0.05) is 26.5 Å². The Morgan fingerprint density at radius 1 is 1.16 bits per heavy atom. The summed E-state index contributed by atoms with van der Waals surface area (Å²) in [6.07, 6.45) is 0.0721. The van der Waals surface area contributed by atoms with Gasteiger partial charge < -0.3 is 5.32 Å². The van der Waals surface area contributed by atoms with Crippen molar-refractivity contribution < 1.29 is 9.59 Å². The SMILES string of the molecule is C/C(CC(=O)Nc1ccc(Cl)cc1C)=N\NC(=O)c1ccc(Br)cc1. The number of carbonyl (C=O) groups excluding carboxylic acids is 2. The number of amides is 2. The Bertz CT molecular complexity index is 820. The largest absolute Gasteiger partial charge is 0.326 e. The van der Waals surface area contributed by atoms with E-state index in [1.165, 1.54) is 0 Å². The van der Waals surface area contributed by atoms with Crippen LogP contribution in [-0.2, 0) is 4.79 Å². The molecule has 5 nitrogen and oxygen atoms in total. The summed E-state index contributed by atoms with van der Waals surface area (Å²) in [5.74, 6) is -0.551. The Labute approximate surface area is 159 Å². The van der Waals surface area contributed by atoms with Gasteiger partial charge in [-0.15, -0.1) is 0 Å². The molecule has 0 saturated heterocycles. The second kappa shape index (κ2) is 8.78. The minimum absolute atomic E-state index is 0.0721. The van der Waals surface area contributed by atoms with Gasteiger partial charge in [0.25, 0.3) is 5.91 Å². The average Bonchev–Trinajstić information content (AvgIpc) is 2.56. The summed E-state index contributed by atoms with van der Waals surface area (Å²) in [4.78, 5) is 24.0. The fourth-order valence-corrected chi connectivity index (χ4v) is 2.54. The highest BCUT2D eigenvalue weighted by molar-refractivity contribution is 9.10. The van der Waals surface area contributed by atoms with Crippen LogP contribution < -0.4 is 10.7 Å². The minimum atomic E-state index is -0.333. The van der Waals surface area contributed by atoms with E-state index in [0.717, 1.165) is 10.0 Å². The molecule has 0 fully saturated rings. The predicted octanol–water partition coefficient (Wildman–Crippen LogP) is 4.55. The first-order valence-corrected chi connectivity index (χ1v) is 8.67. The molecule has 2 amide bonds. The Hall–Kier alpha value is -2.18. The van der Waals surface area contributed by atoms with Crippen molar-refractivity contribution in [3.05, 3.63) is 63.1 Å². The van der Waals surface area contributed by atoms with Gasteiger partial charge in [0.15, 0.2) is 0 Å². The molecule has 0 spiro atoms. The molecule has 0 aliphatic rings. The Balaban J connectivity index is 1.90. The van der Waals surface area contributed by atoms with Gasteiger partial charge in [-0.25, -0.2) is 5.43 Å². The summed E-state index contributed by atoms with van der Waals surface area (Å²) in [6, 6.07) is 12.1. The van der Waals surface area contributed by atoms with E-state index in [1.807, 2.05) is 6.92 Å². The van der Waals surface area contributed by atoms with E-state index < -0.39 is 0 Å². The predicted molar refractivity (Wildman–Crippen MR) is 104 cm³/mol. The number of nitrogens with zero attached hydrogens (tertiary/aromatic N) is 1. The second-order valence-corrected chi connectivity index (χ2v) is 6.83. The molecule has 0 bridgehead atoms. The molecular formula is C18H17BrClN3O2. The zero-order valence-corrected chi connectivity index (χ0v) is 16.1. The second-order valence-electron chi connectivity index (χ2n) is 5.48. The number of carbonyl (C=O) groups is 2. The van der Waals surface area contributed by atoms with Crippen molar-refractivity contribution in [1.29, 1.82) is 0 Å². The van der Waals surface area contributed by atoms with Crippen molar-refractivity contribution in [2.45, 2.75) is 20.3 Å². The number of hydrogen-bond acceptors (Lipinski definition) is 3. The maximum Gasteiger partial charge on any atom is 0.271 e. The lowest BCUT2D eigenvalue weighted by Gasteiger charge is -2.08. The molecule has 0 atom stereocenters. The van der Waals surface area contributed by atoms with Gasteiger partial charge >= 0.3 is 0 Å². The first-order chi connectivity index (χ1) is 11.8. The zero-order valence-electron chi connectivity index (χ0n) is 13.8. The summed E-state index contributed by atoms with van der Waals surface area (Å²) in [6.45, 7) is 3.54. The highest BCUT2D eigenvalue weighted by Crippen LogP contribution is 2.19.